The first-order valence-corrected chi connectivity index (χ1v) is 5.52. The molecular weight excluding hydrogens is 221 g/mol. The number of carbonyl (C=O) groups excluding carboxylic acids is 2. The second kappa shape index (κ2) is 4.28. The van der Waals surface area contributed by atoms with Gasteiger partial charge in [-0.15, -0.1) is 0 Å². The maximum absolute atomic E-state index is 13.6. The van der Waals surface area contributed by atoms with Crippen LogP contribution in [-0.2, 0) is 11.2 Å². The minimum atomic E-state index is -0.429. The fourth-order valence-corrected chi connectivity index (χ4v) is 2.22. The van der Waals surface area contributed by atoms with Crippen LogP contribution in [-0.4, -0.2) is 30.7 Å². The average Bonchev–Trinajstić information content (AvgIpc) is 2.29. The molecule has 4 heteroatoms. The van der Waals surface area contributed by atoms with E-state index in [0.29, 0.717) is 17.5 Å². The van der Waals surface area contributed by atoms with E-state index < -0.39 is 11.7 Å². The first-order chi connectivity index (χ1) is 8.00. The topological polar surface area (TPSA) is 37.4 Å². The maximum atomic E-state index is 13.6. The molecule has 1 aliphatic rings. The largest absolute Gasteiger partial charge is 0.349 e. The number of amides is 1. The first kappa shape index (κ1) is 11.8. The summed E-state index contributed by atoms with van der Waals surface area (Å²) in [4.78, 5) is 25.1. The number of Topliss-reactive ketones (excluding diaryl/α,β-unsaturated/α-hetero) is 1. The minimum absolute atomic E-state index is 0.118. The molecule has 0 saturated heterocycles. The molecule has 0 aliphatic heterocycles. The number of hydrogen-bond donors (Lipinski definition) is 0. The second-order valence-electron chi connectivity index (χ2n) is 4.53. The summed E-state index contributed by atoms with van der Waals surface area (Å²) < 4.78 is 13.6. The lowest BCUT2D eigenvalue weighted by atomic mass is 9.82. The van der Waals surface area contributed by atoms with Crippen molar-refractivity contribution >= 4 is 11.7 Å². The zero-order valence-electron chi connectivity index (χ0n) is 9.87. The van der Waals surface area contributed by atoms with Crippen molar-refractivity contribution in [3.8, 4) is 0 Å². The fraction of sp³-hybridized carbons (Fsp3) is 0.385. The van der Waals surface area contributed by atoms with Crippen LogP contribution >= 0.6 is 0 Å². The zero-order chi connectivity index (χ0) is 12.6. The third-order valence-corrected chi connectivity index (χ3v) is 3.09. The minimum Gasteiger partial charge on any atom is -0.349 e. The molecule has 0 radical (unpaired) electrons. The van der Waals surface area contributed by atoms with Crippen LogP contribution < -0.4 is 0 Å². The predicted octanol–water partition coefficient (Wildman–Crippen LogP) is 1.66. The lowest BCUT2D eigenvalue weighted by Crippen LogP contribution is -2.35. The Morgan fingerprint density at radius 1 is 1.35 bits per heavy atom. The highest BCUT2D eigenvalue weighted by molar-refractivity contribution is 6.01. The van der Waals surface area contributed by atoms with Crippen LogP contribution in [0.2, 0.25) is 0 Å². The molecule has 1 unspecified atom stereocenters. The van der Waals surface area contributed by atoms with Crippen molar-refractivity contribution in [3.63, 3.8) is 0 Å². The number of rotatable bonds is 1. The maximum Gasteiger partial charge on any atom is 0.225 e. The molecule has 0 N–H and O–H groups in total. The highest BCUT2D eigenvalue weighted by Gasteiger charge is 2.32. The highest BCUT2D eigenvalue weighted by Crippen LogP contribution is 2.28. The summed E-state index contributed by atoms with van der Waals surface area (Å²) in [6.07, 6.45) is 0.484. The van der Waals surface area contributed by atoms with Gasteiger partial charge in [-0.25, -0.2) is 4.39 Å². The summed E-state index contributed by atoms with van der Waals surface area (Å²) in [6.45, 7) is 0. The average molecular weight is 235 g/mol. The molecule has 0 saturated carbocycles. The Hall–Kier alpha value is -1.71. The summed E-state index contributed by atoms with van der Waals surface area (Å²) in [5.74, 6) is -1.09. The van der Waals surface area contributed by atoms with Crippen molar-refractivity contribution in [2.24, 2.45) is 5.92 Å². The van der Waals surface area contributed by atoms with Gasteiger partial charge in [0, 0.05) is 32.0 Å². The first-order valence-electron chi connectivity index (χ1n) is 5.52. The lowest BCUT2D eigenvalue weighted by molar-refractivity contribution is -0.133. The number of carbonyl (C=O) groups is 2. The van der Waals surface area contributed by atoms with Crippen LogP contribution in [0.25, 0.3) is 0 Å². The van der Waals surface area contributed by atoms with Gasteiger partial charge in [0.15, 0.2) is 5.78 Å². The smallest absolute Gasteiger partial charge is 0.225 e. The third-order valence-electron chi connectivity index (χ3n) is 3.09. The molecule has 0 fully saturated rings. The molecule has 1 aliphatic carbocycles. The normalized spacial score (nSPS) is 18.8. The van der Waals surface area contributed by atoms with E-state index >= 15 is 0 Å². The van der Waals surface area contributed by atoms with E-state index in [4.69, 9.17) is 0 Å². The predicted molar refractivity (Wildman–Crippen MR) is 61.2 cm³/mol. The number of halogens is 1. The summed E-state index contributed by atoms with van der Waals surface area (Å²) >= 11 is 0. The van der Waals surface area contributed by atoms with Gasteiger partial charge in [0.05, 0.1) is 0 Å². The molecule has 1 atom stereocenters. The SMILES string of the molecule is CN(C)C(=O)C1CC(=O)c2cccc(F)c2C1. The number of ketones is 1. The Morgan fingerprint density at radius 3 is 2.71 bits per heavy atom. The molecule has 3 nitrogen and oxygen atoms in total. The third kappa shape index (κ3) is 2.07. The number of benzene rings is 1. The molecular formula is C13H14FNO2. The second-order valence-corrected chi connectivity index (χ2v) is 4.53. The number of fused-ring (bicyclic) bond motifs is 1. The van der Waals surface area contributed by atoms with Gasteiger partial charge in [0.2, 0.25) is 5.91 Å². The van der Waals surface area contributed by atoms with Gasteiger partial charge in [-0.2, -0.15) is 0 Å². The molecule has 0 spiro atoms. The monoisotopic (exact) mass is 235 g/mol. The van der Waals surface area contributed by atoms with Crippen LogP contribution in [0.5, 0.6) is 0 Å². The van der Waals surface area contributed by atoms with Gasteiger partial charge >= 0.3 is 0 Å². The summed E-state index contributed by atoms with van der Waals surface area (Å²) in [7, 11) is 3.29. The molecule has 2 rings (SSSR count). The van der Waals surface area contributed by atoms with Gasteiger partial charge in [0.1, 0.15) is 5.82 Å². The Labute approximate surface area is 99.2 Å². The van der Waals surface area contributed by atoms with Crippen LogP contribution in [0, 0.1) is 11.7 Å². The van der Waals surface area contributed by atoms with E-state index in [1.54, 1.807) is 20.2 Å². The van der Waals surface area contributed by atoms with Crippen molar-refractivity contribution in [2.45, 2.75) is 12.8 Å². The van der Waals surface area contributed by atoms with Crippen molar-refractivity contribution in [1.82, 2.24) is 4.90 Å². The van der Waals surface area contributed by atoms with Crippen LogP contribution in [0.4, 0.5) is 4.39 Å². The van der Waals surface area contributed by atoms with E-state index in [1.807, 2.05) is 0 Å². The number of nitrogens with zero attached hydrogens (tertiary/aromatic N) is 1. The fourth-order valence-electron chi connectivity index (χ4n) is 2.22. The molecule has 1 amide bonds. The number of hydrogen-bond acceptors (Lipinski definition) is 2. The zero-order valence-corrected chi connectivity index (χ0v) is 9.87. The van der Waals surface area contributed by atoms with Gasteiger partial charge in [-0.3, -0.25) is 9.59 Å². The van der Waals surface area contributed by atoms with Crippen LogP contribution in [0.3, 0.4) is 0 Å². The molecule has 0 bridgehead atoms. The Balaban J connectivity index is 2.36. The van der Waals surface area contributed by atoms with Gasteiger partial charge in [-0.05, 0) is 18.1 Å². The quantitative estimate of drug-likeness (QED) is 0.742. The van der Waals surface area contributed by atoms with Crippen molar-refractivity contribution < 1.29 is 14.0 Å². The Bertz CT molecular complexity index is 482. The van der Waals surface area contributed by atoms with Gasteiger partial charge < -0.3 is 4.90 Å². The Kier molecular flexibility index (Phi) is 2.96. The molecule has 0 aromatic heterocycles. The Morgan fingerprint density at radius 2 is 2.06 bits per heavy atom. The summed E-state index contributed by atoms with van der Waals surface area (Å²) in [5, 5.41) is 0. The van der Waals surface area contributed by atoms with Crippen LogP contribution in [0.15, 0.2) is 18.2 Å². The lowest BCUT2D eigenvalue weighted by Gasteiger charge is -2.25. The molecule has 1 aromatic rings. The van der Waals surface area contributed by atoms with E-state index in [9.17, 15) is 14.0 Å². The van der Waals surface area contributed by atoms with E-state index in [2.05, 4.69) is 0 Å². The highest BCUT2D eigenvalue weighted by atomic mass is 19.1. The van der Waals surface area contributed by atoms with Crippen molar-refractivity contribution in [1.29, 1.82) is 0 Å². The van der Waals surface area contributed by atoms with Gasteiger partial charge in [-0.1, -0.05) is 12.1 Å². The molecule has 17 heavy (non-hydrogen) atoms. The van der Waals surface area contributed by atoms with Crippen molar-refractivity contribution in [2.75, 3.05) is 14.1 Å². The molecule has 90 valence electrons. The molecule has 0 heterocycles. The van der Waals surface area contributed by atoms with Gasteiger partial charge in [0.25, 0.3) is 0 Å². The van der Waals surface area contributed by atoms with Crippen molar-refractivity contribution in [3.05, 3.63) is 35.1 Å². The summed E-state index contributed by atoms with van der Waals surface area (Å²) in [6, 6.07) is 4.48. The van der Waals surface area contributed by atoms with E-state index in [-0.39, 0.29) is 18.1 Å². The molecule has 1 aromatic carbocycles. The van der Waals surface area contributed by atoms with Crippen LogP contribution in [0.1, 0.15) is 22.3 Å². The van der Waals surface area contributed by atoms with E-state index in [1.165, 1.54) is 17.0 Å². The summed E-state index contributed by atoms with van der Waals surface area (Å²) in [5.41, 5.74) is 0.803. The van der Waals surface area contributed by atoms with E-state index in [0.717, 1.165) is 0 Å². The standard InChI is InChI=1S/C13H14FNO2/c1-15(2)13(17)8-6-10-9(12(16)7-8)4-3-5-11(10)14/h3-5,8H,6-7H2,1-2H3.